The summed E-state index contributed by atoms with van der Waals surface area (Å²) < 4.78 is 71.3. The number of hydrogen-bond acceptors (Lipinski definition) is 0. The van der Waals surface area contributed by atoms with Crippen molar-refractivity contribution in [2.75, 3.05) is 0 Å². The van der Waals surface area contributed by atoms with E-state index in [0.29, 0.717) is 22.9 Å². The molecule has 0 saturated heterocycles. The van der Waals surface area contributed by atoms with Crippen LogP contribution in [0.15, 0.2) is 60.7 Å². The molecule has 0 atom stereocenters. The third kappa shape index (κ3) is 5.93. The Morgan fingerprint density at radius 2 is 1.11 bits per heavy atom. The molecule has 180 valence electrons. The first kappa shape index (κ1) is 25.0. The lowest BCUT2D eigenvalue weighted by Crippen LogP contribution is -1.96. The highest BCUT2D eigenvalue weighted by Gasteiger charge is 2.11. The maximum atomic E-state index is 14.6. The molecule has 0 N–H and O–H groups in total. The number of fused-ring (bicyclic) bond motifs is 1. The lowest BCUT2D eigenvalue weighted by molar-refractivity contribution is 0.572. The molecule has 0 radical (unpaired) electrons. The van der Waals surface area contributed by atoms with Crippen molar-refractivity contribution in [3.63, 3.8) is 0 Å². The van der Waals surface area contributed by atoms with Crippen molar-refractivity contribution in [3.8, 4) is 23.7 Å². The van der Waals surface area contributed by atoms with Crippen LogP contribution in [0.1, 0.15) is 54.0 Å². The van der Waals surface area contributed by atoms with E-state index in [1.54, 1.807) is 24.3 Å². The molecule has 0 aromatic heterocycles. The Morgan fingerprint density at radius 3 is 1.75 bits per heavy atom. The smallest absolute Gasteiger partial charge is 0.143 e. The zero-order valence-corrected chi connectivity index (χ0v) is 19.5. The molecule has 0 bridgehead atoms. The highest BCUT2D eigenvalue weighted by molar-refractivity contribution is 5.84. The molecule has 0 aliphatic heterocycles. The number of halogens is 5. The van der Waals surface area contributed by atoms with E-state index in [1.807, 2.05) is 6.92 Å². The van der Waals surface area contributed by atoms with E-state index in [0.717, 1.165) is 36.8 Å². The van der Waals surface area contributed by atoms with E-state index in [2.05, 4.69) is 23.7 Å². The van der Waals surface area contributed by atoms with Gasteiger partial charge in [-0.2, -0.15) is 0 Å². The minimum absolute atomic E-state index is 0.0749. The number of unbranched alkanes of at least 4 members (excludes halogenated alkanes) is 2. The second-order valence-corrected chi connectivity index (χ2v) is 8.41. The lowest BCUT2D eigenvalue weighted by atomic mass is 10.0. The number of aryl methyl sites for hydroxylation is 1. The summed E-state index contributed by atoms with van der Waals surface area (Å²) >= 11 is 0. The predicted octanol–water partition coefficient (Wildman–Crippen LogP) is 8.07. The van der Waals surface area contributed by atoms with Gasteiger partial charge in [0.05, 0.1) is 11.1 Å². The molecule has 0 heterocycles. The fraction of sp³-hybridized carbons (Fsp3) is 0.161. The van der Waals surface area contributed by atoms with Crippen LogP contribution in [0.3, 0.4) is 0 Å². The molecule has 4 aromatic carbocycles. The van der Waals surface area contributed by atoms with Gasteiger partial charge in [-0.1, -0.05) is 55.6 Å². The summed E-state index contributed by atoms with van der Waals surface area (Å²) in [6.07, 6.45) is 3.35. The number of benzene rings is 4. The Bertz CT molecular complexity index is 1520. The molecule has 0 saturated carbocycles. The summed E-state index contributed by atoms with van der Waals surface area (Å²) in [7, 11) is 0. The van der Waals surface area contributed by atoms with Gasteiger partial charge in [0, 0.05) is 11.1 Å². The Kier molecular flexibility index (Phi) is 7.71. The second-order valence-electron chi connectivity index (χ2n) is 8.41. The van der Waals surface area contributed by atoms with Crippen LogP contribution in [-0.4, -0.2) is 0 Å². The Morgan fingerprint density at radius 1 is 0.556 bits per heavy atom. The van der Waals surface area contributed by atoms with Gasteiger partial charge in [-0.25, -0.2) is 22.0 Å². The molecular formula is C31H21F5. The van der Waals surface area contributed by atoms with Crippen molar-refractivity contribution in [1.29, 1.82) is 0 Å². The summed E-state index contributed by atoms with van der Waals surface area (Å²) in [4.78, 5) is 0. The van der Waals surface area contributed by atoms with Gasteiger partial charge < -0.3 is 0 Å². The van der Waals surface area contributed by atoms with E-state index in [9.17, 15) is 22.0 Å². The molecule has 0 spiro atoms. The van der Waals surface area contributed by atoms with Crippen LogP contribution < -0.4 is 0 Å². The number of rotatable bonds is 4. The molecule has 0 aliphatic rings. The van der Waals surface area contributed by atoms with Crippen molar-refractivity contribution in [3.05, 3.63) is 118 Å². The van der Waals surface area contributed by atoms with Gasteiger partial charge in [0.15, 0.2) is 0 Å². The number of hydrogen-bond donors (Lipinski definition) is 0. The van der Waals surface area contributed by atoms with E-state index in [1.165, 1.54) is 24.3 Å². The highest BCUT2D eigenvalue weighted by atomic mass is 19.1. The Balaban J connectivity index is 1.57. The van der Waals surface area contributed by atoms with Crippen molar-refractivity contribution >= 4 is 10.8 Å². The van der Waals surface area contributed by atoms with Crippen molar-refractivity contribution in [2.24, 2.45) is 0 Å². The first-order valence-electron chi connectivity index (χ1n) is 11.5. The first-order valence-corrected chi connectivity index (χ1v) is 11.5. The van der Waals surface area contributed by atoms with Gasteiger partial charge in [0.2, 0.25) is 0 Å². The largest absolute Gasteiger partial charge is 0.207 e. The first-order chi connectivity index (χ1) is 17.3. The maximum absolute atomic E-state index is 14.6. The summed E-state index contributed by atoms with van der Waals surface area (Å²) in [5, 5.41) is 1.42. The van der Waals surface area contributed by atoms with Gasteiger partial charge in [-0.15, -0.1) is 0 Å². The van der Waals surface area contributed by atoms with E-state index in [4.69, 9.17) is 0 Å². The summed E-state index contributed by atoms with van der Waals surface area (Å²) in [6, 6.07) is 13.7. The Hall–Kier alpha value is -4.09. The van der Waals surface area contributed by atoms with Crippen LogP contribution >= 0.6 is 0 Å². The van der Waals surface area contributed by atoms with Crippen LogP contribution in [0, 0.1) is 52.8 Å². The molecule has 0 unspecified atom stereocenters. The SMILES string of the molecule is CCCCCc1cc(F)c(C#Cc2cc(F)c(C#Cc3ccc4cc(F)ccc4c3)c(F)c2)c(F)c1. The van der Waals surface area contributed by atoms with Crippen molar-refractivity contribution in [2.45, 2.75) is 32.6 Å². The Labute approximate surface area is 206 Å². The zero-order valence-electron chi connectivity index (χ0n) is 19.5. The van der Waals surface area contributed by atoms with Crippen molar-refractivity contribution in [1.82, 2.24) is 0 Å². The molecule has 0 amide bonds. The van der Waals surface area contributed by atoms with Crippen LogP contribution in [0.4, 0.5) is 22.0 Å². The zero-order chi connectivity index (χ0) is 25.7. The fourth-order valence-corrected chi connectivity index (χ4v) is 3.80. The normalized spacial score (nSPS) is 10.5. The molecular weight excluding hydrogens is 467 g/mol. The quantitative estimate of drug-likeness (QED) is 0.155. The molecule has 0 nitrogen and oxygen atoms in total. The summed E-state index contributed by atoms with van der Waals surface area (Å²) in [5.74, 6) is 6.10. The second kappa shape index (κ2) is 11.1. The third-order valence-electron chi connectivity index (χ3n) is 5.68. The van der Waals surface area contributed by atoms with Gasteiger partial charge in [0.1, 0.15) is 29.1 Å². The monoisotopic (exact) mass is 488 g/mol. The fourth-order valence-electron chi connectivity index (χ4n) is 3.80. The minimum atomic E-state index is -0.943. The molecule has 4 rings (SSSR count). The summed E-state index contributed by atoms with van der Waals surface area (Å²) in [6.45, 7) is 2.04. The molecule has 0 aliphatic carbocycles. The van der Waals surface area contributed by atoms with Gasteiger partial charge in [-0.3, -0.25) is 0 Å². The van der Waals surface area contributed by atoms with Gasteiger partial charge >= 0.3 is 0 Å². The lowest BCUT2D eigenvalue weighted by Gasteiger charge is -2.04. The molecule has 4 aromatic rings. The molecule has 5 heteroatoms. The van der Waals surface area contributed by atoms with Crippen LogP contribution in [-0.2, 0) is 6.42 Å². The van der Waals surface area contributed by atoms with E-state index < -0.39 is 34.4 Å². The van der Waals surface area contributed by atoms with Crippen LogP contribution in [0.5, 0.6) is 0 Å². The average molecular weight is 488 g/mol. The van der Waals surface area contributed by atoms with Gasteiger partial charge in [-0.05, 0) is 77.7 Å². The maximum Gasteiger partial charge on any atom is 0.143 e. The standard InChI is InChI=1S/C31H21F5/c1-2-3-4-5-21-15-28(33)27(29(34)16-21)13-8-22-17-30(35)26(31(36)18-22)12-7-20-6-9-24-19-25(32)11-10-23(24)14-20/h6,9-11,14-19H,2-5H2,1H3. The van der Waals surface area contributed by atoms with E-state index in [-0.39, 0.29) is 11.4 Å². The highest BCUT2D eigenvalue weighted by Crippen LogP contribution is 2.20. The summed E-state index contributed by atoms with van der Waals surface area (Å²) in [5.41, 5.74) is 0.0706. The third-order valence-corrected chi connectivity index (χ3v) is 5.68. The van der Waals surface area contributed by atoms with Crippen molar-refractivity contribution < 1.29 is 22.0 Å². The van der Waals surface area contributed by atoms with Crippen LogP contribution in [0.25, 0.3) is 10.8 Å². The molecule has 36 heavy (non-hydrogen) atoms. The minimum Gasteiger partial charge on any atom is -0.207 e. The predicted molar refractivity (Wildman–Crippen MR) is 132 cm³/mol. The van der Waals surface area contributed by atoms with Crippen LogP contribution in [0.2, 0.25) is 0 Å². The topological polar surface area (TPSA) is 0 Å². The van der Waals surface area contributed by atoms with Gasteiger partial charge in [0.25, 0.3) is 0 Å². The average Bonchev–Trinajstić information content (AvgIpc) is 2.83. The molecule has 0 fully saturated rings. The van der Waals surface area contributed by atoms with E-state index >= 15 is 0 Å².